The number of nitrogens with one attached hydrogen (secondary N) is 1. The minimum absolute atomic E-state index is 0.0503. The fourth-order valence-electron chi connectivity index (χ4n) is 2.39. The Morgan fingerprint density at radius 2 is 2.12 bits per heavy atom. The number of nitrogens with zero attached hydrogens (tertiary/aromatic N) is 4. The first kappa shape index (κ1) is 16.0. The van der Waals surface area contributed by atoms with E-state index in [1.807, 2.05) is 31.2 Å². The van der Waals surface area contributed by atoms with Gasteiger partial charge in [-0.2, -0.15) is 10.5 Å². The smallest absolute Gasteiger partial charge is 0.266 e. The van der Waals surface area contributed by atoms with Crippen LogP contribution < -0.4 is 5.32 Å². The summed E-state index contributed by atoms with van der Waals surface area (Å²) >= 11 is 0. The standard InChI is InChI=1S/C19H13N5O/c1-13-3-2-4-16(7-13)23-19(25)15(10-21)8-17-11-22-18-6-5-14(9-20)12-24(17)18/h2-8,11-12H,1H3,(H,23,25)/b15-8+. The Hall–Kier alpha value is -3.90. The number of carbonyl (C=O) groups excluding carboxylic acids is 1. The molecule has 1 amide bonds. The summed E-state index contributed by atoms with van der Waals surface area (Å²) in [5.41, 5.74) is 3.21. The van der Waals surface area contributed by atoms with Gasteiger partial charge in [-0.25, -0.2) is 4.98 Å². The van der Waals surface area contributed by atoms with E-state index in [0.29, 0.717) is 22.6 Å². The summed E-state index contributed by atoms with van der Waals surface area (Å²) < 4.78 is 1.66. The van der Waals surface area contributed by atoms with Gasteiger partial charge in [0.1, 0.15) is 23.4 Å². The number of benzene rings is 1. The van der Waals surface area contributed by atoms with Crippen LogP contribution in [0, 0.1) is 29.6 Å². The highest BCUT2D eigenvalue weighted by atomic mass is 16.1. The summed E-state index contributed by atoms with van der Waals surface area (Å²) in [6.45, 7) is 1.92. The number of carbonyl (C=O) groups is 1. The van der Waals surface area contributed by atoms with E-state index in [1.54, 1.807) is 35.0 Å². The van der Waals surface area contributed by atoms with Gasteiger partial charge in [0.25, 0.3) is 5.91 Å². The van der Waals surface area contributed by atoms with Gasteiger partial charge >= 0.3 is 0 Å². The number of aromatic nitrogens is 2. The van der Waals surface area contributed by atoms with Gasteiger partial charge in [0, 0.05) is 11.9 Å². The molecule has 0 bridgehead atoms. The molecule has 6 nitrogen and oxygen atoms in total. The molecule has 0 fully saturated rings. The van der Waals surface area contributed by atoms with Crippen LogP contribution in [0.4, 0.5) is 5.69 Å². The first-order valence-electron chi connectivity index (χ1n) is 7.48. The van der Waals surface area contributed by atoms with Gasteiger partial charge in [0.15, 0.2) is 0 Å². The molecule has 0 unspecified atom stereocenters. The molecule has 25 heavy (non-hydrogen) atoms. The van der Waals surface area contributed by atoms with E-state index >= 15 is 0 Å². The van der Waals surface area contributed by atoms with E-state index in [1.165, 1.54) is 6.08 Å². The number of hydrogen-bond donors (Lipinski definition) is 1. The fourth-order valence-corrected chi connectivity index (χ4v) is 2.39. The maximum absolute atomic E-state index is 12.4. The predicted molar refractivity (Wildman–Crippen MR) is 93.3 cm³/mol. The molecule has 120 valence electrons. The second-order valence-electron chi connectivity index (χ2n) is 5.43. The molecule has 1 N–H and O–H groups in total. The Bertz CT molecular complexity index is 1080. The van der Waals surface area contributed by atoms with E-state index in [2.05, 4.69) is 16.4 Å². The molecule has 6 heteroatoms. The molecular formula is C19H13N5O. The minimum Gasteiger partial charge on any atom is -0.321 e. The summed E-state index contributed by atoms with van der Waals surface area (Å²) in [5, 5.41) is 21.1. The molecule has 3 rings (SSSR count). The van der Waals surface area contributed by atoms with Gasteiger partial charge in [-0.1, -0.05) is 12.1 Å². The van der Waals surface area contributed by atoms with Gasteiger partial charge in [-0.15, -0.1) is 0 Å². The normalized spacial score (nSPS) is 10.9. The van der Waals surface area contributed by atoms with Crippen LogP contribution in [0.3, 0.4) is 0 Å². The van der Waals surface area contributed by atoms with Crippen molar-refractivity contribution in [2.45, 2.75) is 6.92 Å². The summed E-state index contributed by atoms with van der Waals surface area (Å²) in [6.07, 6.45) is 4.61. The highest BCUT2D eigenvalue weighted by Crippen LogP contribution is 2.15. The van der Waals surface area contributed by atoms with Gasteiger partial charge in [0.05, 0.1) is 17.5 Å². The molecule has 1 aromatic carbocycles. The SMILES string of the molecule is Cc1cccc(NC(=O)/C(C#N)=C/c2cnc3ccc(C#N)cn23)c1. The molecule has 0 spiro atoms. The minimum atomic E-state index is -0.500. The topological polar surface area (TPSA) is 94.0 Å². The Kier molecular flexibility index (Phi) is 4.28. The lowest BCUT2D eigenvalue weighted by Gasteiger charge is -2.05. The molecule has 0 saturated heterocycles. The maximum Gasteiger partial charge on any atom is 0.266 e. The van der Waals surface area contributed by atoms with Gasteiger partial charge < -0.3 is 5.32 Å². The largest absolute Gasteiger partial charge is 0.321 e. The van der Waals surface area contributed by atoms with Crippen molar-refractivity contribution in [3.63, 3.8) is 0 Å². The van der Waals surface area contributed by atoms with Crippen LogP contribution in [0.15, 0.2) is 54.4 Å². The van der Waals surface area contributed by atoms with Crippen LogP contribution in [-0.4, -0.2) is 15.3 Å². The van der Waals surface area contributed by atoms with E-state index in [0.717, 1.165) is 5.56 Å². The monoisotopic (exact) mass is 327 g/mol. The molecular weight excluding hydrogens is 314 g/mol. The van der Waals surface area contributed by atoms with Crippen molar-refractivity contribution in [1.82, 2.24) is 9.38 Å². The van der Waals surface area contributed by atoms with Crippen molar-refractivity contribution in [3.8, 4) is 12.1 Å². The number of rotatable bonds is 3. The zero-order valence-electron chi connectivity index (χ0n) is 13.4. The highest BCUT2D eigenvalue weighted by Gasteiger charge is 2.11. The highest BCUT2D eigenvalue weighted by molar-refractivity contribution is 6.09. The number of fused-ring (bicyclic) bond motifs is 1. The molecule has 0 aliphatic carbocycles. The molecule has 0 saturated carbocycles. The quantitative estimate of drug-likeness (QED) is 0.591. The van der Waals surface area contributed by atoms with Crippen molar-refractivity contribution in [2.24, 2.45) is 0 Å². The van der Waals surface area contributed by atoms with E-state index < -0.39 is 5.91 Å². The molecule has 0 aliphatic rings. The fraction of sp³-hybridized carbons (Fsp3) is 0.0526. The summed E-state index contributed by atoms with van der Waals surface area (Å²) in [7, 11) is 0. The number of hydrogen-bond acceptors (Lipinski definition) is 4. The van der Waals surface area contributed by atoms with Crippen LogP contribution in [0.1, 0.15) is 16.8 Å². The number of aryl methyl sites for hydroxylation is 1. The molecule has 3 aromatic rings. The Morgan fingerprint density at radius 1 is 1.28 bits per heavy atom. The number of nitriles is 2. The van der Waals surface area contributed by atoms with Crippen LogP contribution in [0.2, 0.25) is 0 Å². The average molecular weight is 327 g/mol. The average Bonchev–Trinajstić information content (AvgIpc) is 3.01. The van der Waals surface area contributed by atoms with Gasteiger partial charge in [0.2, 0.25) is 0 Å². The number of imidazole rings is 1. The number of amides is 1. The van der Waals surface area contributed by atoms with Crippen LogP contribution >= 0.6 is 0 Å². The molecule has 2 heterocycles. The zero-order valence-corrected chi connectivity index (χ0v) is 13.4. The Balaban J connectivity index is 1.94. The van der Waals surface area contributed by atoms with Crippen molar-refractivity contribution in [2.75, 3.05) is 5.32 Å². The number of pyridine rings is 1. The molecule has 0 atom stereocenters. The first-order valence-corrected chi connectivity index (χ1v) is 7.48. The summed E-state index contributed by atoms with van der Waals surface area (Å²) in [5.74, 6) is -0.500. The lowest BCUT2D eigenvalue weighted by molar-refractivity contribution is -0.112. The van der Waals surface area contributed by atoms with Gasteiger partial charge in [-0.3, -0.25) is 9.20 Å². The van der Waals surface area contributed by atoms with Crippen molar-refractivity contribution in [3.05, 3.63) is 71.2 Å². The van der Waals surface area contributed by atoms with Crippen LogP contribution in [-0.2, 0) is 4.79 Å². The predicted octanol–water partition coefficient (Wildman–Crippen LogP) is 3.06. The summed E-state index contributed by atoms with van der Waals surface area (Å²) in [4.78, 5) is 16.6. The van der Waals surface area contributed by atoms with Crippen molar-refractivity contribution < 1.29 is 4.79 Å². The van der Waals surface area contributed by atoms with Crippen LogP contribution in [0.5, 0.6) is 0 Å². The van der Waals surface area contributed by atoms with E-state index in [-0.39, 0.29) is 5.57 Å². The van der Waals surface area contributed by atoms with Gasteiger partial charge in [-0.05, 0) is 42.8 Å². The third-order valence-electron chi connectivity index (χ3n) is 3.60. The summed E-state index contributed by atoms with van der Waals surface area (Å²) in [6, 6.07) is 14.6. The molecule has 0 radical (unpaired) electrons. The van der Waals surface area contributed by atoms with Crippen LogP contribution in [0.25, 0.3) is 11.7 Å². The van der Waals surface area contributed by atoms with Crippen molar-refractivity contribution in [1.29, 1.82) is 10.5 Å². The molecule has 2 aromatic heterocycles. The molecule has 0 aliphatic heterocycles. The third-order valence-corrected chi connectivity index (χ3v) is 3.60. The van der Waals surface area contributed by atoms with Crippen molar-refractivity contribution >= 4 is 23.3 Å². The number of anilines is 1. The zero-order chi connectivity index (χ0) is 17.8. The second-order valence-corrected chi connectivity index (χ2v) is 5.43. The lowest BCUT2D eigenvalue weighted by atomic mass is 10.2. The first-order chi connectivity index (χ1) is 12.1. The lowest BCUT2D eigenvalue weighted by Crippen LogP contribution is -2.13. The van der Waals surface area contributed by atoms with E-state index in [9.17, 15) is 10.1 Å². The van der Waals surface area contributed by atoms with E-state index in [4.69, 9.17) is 5.26 Å². The Morgan fingerprint density at radius 3 is 2.84 bits per heavy atom. The maximum atomic E-state index is 12.4. The Labute approximate surface area is 144 Å². The second kappa shape index (κ2) is 6.69. The third kappa shape index (κ3) is 3.39.